The van der Waals surface area contributed by atoms with E-state index in [0.717, 1.165) is 5.56 Å². The summed E-state index contributed by atoms with van der Waals surface area (Å²) >= 11 is 0. The number of nitrogens with zero attached hydrogens (tertiary/aromatic N) is 1. The number of hydrogen-bond acceptors (Lipinski definition) is 2. The first kappa shape index (κ1) is 16.9. The lowest BCUT2D eigenvalue weighted by molar-refractivity contribution is 0.431. The number of benzene rings is 1. The first-order chi connectivity index (χ1) is 8.02. The summed E-state index contributed by atoms with van der Waals surface area (Å²) in [7, 11) is 1.68. The van der Waals surface area contributed by atoms with E-state index >= 15 is 0 Å². The van der Waals surface area contributed by atoms with Crippen molar-refractivity contribution in [3.05, 3.63) is 29.6 Å². The Balaban J connectivity index is 0.00000289. The fourth-order valence-electron chi connectivity index (χ4n) is 1.31. The topological polar surface area (TPSA) is 56.7 Å². The van der Waals surface area contributed by atoms with E-state index in [2.05, 4.69) is 15.6 Å². The van der Waals surface area contributed by atoms with Crippen molar-refractivity contribution >= 4 is 29.9 Å². The van der Waals surface area contributed by atoms with Gasteiger partial charge in [0.05, 0.1) is 0 Å². The number of rotatable bonds is 3. The Hall–Kier alpha value is -1.05. The molecule has 0 aromatic heterocycles. The van der Waals surface area contributed by atoms with E-state index < -0.39 is 5.82 Å². The molecule has 0 amide bonds. The van der Waals surface area contributed by atoms with Crippen LogP contribution in [0.5, 0.6) is 5.75 Å². The molecule has 0 aliphatic rings. The minimum absolute atomic E-state index is 0. The van der Waals surface area contributed by atoms with Crippen LogP contribution in [0.4, 0.5) is 4.39 Å². The van der Waals surface area contributed by atoms with Gasteiger partial charge >= 0.3 is 0 Å². The van der Waals surface area contributed by atoms with Gasteiger partial charge in [-0.15, -0.1) is 24.0 Å². The Kier molecular flexibility index (Phi) is 7.65. The summed E-state index contributed by atoms with van der Waals surface area (Å²) in [6.45, 7) is 4.46. The quantitative estimate of drug-likeness (QED) is 0.436. The van der Waals surface area contributed by atoms with Crippen LogP contribution in [-0.2, 0) is 6.54 Å². The van der Waals surface area contributed by atoms with Gasteiger partial charge in [-0.05, 0) is 31.5 Å². The molecule has 0 saturated carbocycles. The monoisotopic (exact) mass is 367 g/mol. The Labute approximate surface area is 124 Å². The molecule has 0 radical (unpaired) electrons. The van der Waals surface area contributed by atoms with Crippen molar-refractivity contribution in [2.45, 2.75) is 26.4 Å². The third-order valence-corrected chi connectivity index (χ3v) is 2.12. The molecule has 0 spiro atoms. The molecular weight excluding hydrogens is 348 g/mol. The average Bonchev–Trinajstić information content (AvgIpc) is 2.28. The van der Waals surface area contributed by atoms with E-state index in [4.69, 9.17) is 5.11 Å². The van der Waals surface area contributed by atoms with Gasteiger partial charge < -0.3 is 15.7 Å². The molecule has 0 saturated heterocycles. The predicted octanol–water partition coefficient (Wildman–Crippen LogP) is 2.22. The summed E-state index contributed by atoms with van der Waals surface area (Å²) in [6.07, 6.45) is 0. The minimum atomic E-state index is -0.615. The maximum absolute atomic E-state index is 13.1. The molecule has 0 atom stereocenters. The van der Waals surface area contributed by atoms with Gasteiger partial charge in [-0.1, -0.05) is 6.07 Å². The number of halogens is 2. The molecule has 4 nitrogen and oxygen atoms in total. The van der Waals surface area contributed by atoms with Gasteiger partial charge in [-0.25, -0.2) is 4.39 Å². The predicted molar refractivity (Wildman–Crippen MR) is 82.0 cm³/mol. The number of nitrogens with one attached hydrogen (secondary N) is 2. The zero-order valence-electron chi connectivity index (χ0n) is 10.7. The van der Waals surface area contributed by atoms with Gasteiger partial charge in [0, 0.05) is 19.6 Å². The van der Waals surface area contributed by atoms with Crippen LogP contribution < -0.4 is 10.6 Å². The Bertz CT molecular complexity index is 410. The highest BCUT2D eigenvalue weighted by Gasteiger charge is 2.03. The molecule has 6 heteroatoms. The molecule has 0 bridgehead atoms. The second-order valence-electron chi connectivity index (χ2n) is 4.01. The lowest BCUT2D eigenvalue weighted by Gasteiger charge is -2.14. The Morgan fingerprint density at radius 3 is 2.61 bits per heavy atom. The summed E-state index contributed by atoms with van der Waals surface area (Å²) in [5.41, 5.74) is 0.743. The van der Waals surface area contributed by atoms with Gasteiger partial charge in [0.1, 0.15) is 0 Å². The Morgan fingerprint density at radius 2 is 2.11 bits per heavy atom. The van der Waals surface area contributed by atoms with Crippen LogP contribution in [-0.4, -0.2) is 24.2 Å². The molecule has 18 heavy (non-hydrogen) atoms. The molecular formula is C12H19FIN3O. The summed E-state index contributed by atoms with van der Waals surface area (Å²) in [5, 5.41) is 15.2. The normalized spacial score (nSPS) is 11.1. The number of aromatic hydroxyl groups is 1. The van der Waals surface area contributed by atoms with E-state index in [1.807, 2.05) is 13.8 Å². The van der Waals surface area contributed by atoms with Crippen molar-refractivity contribution < 1.29 is 9.50 Å². The molecule has 1 aromatic carbocycles. The second-order valence-corrected chi connectivity index (χ2v) is 4.01. The standard InChI is InChI=1S/C12H18FN3O.HI/c1-8(2)16-12(14-3)15-7-9-4-5-11(17)10(13)6-9;/h4-6,8,17H,7H2,1-3H3,(H2,14,15,16);1H. The summed E-state index contributed by atoms with van der Waals surface area (Å²) in [6, 6.07) is 4.57. The molecule has 0 unspecified atom stereocenters. The number of guanidine groups is 1. The number of phenols is 1. The molecule has 102 valence electrons. The van der Waals surface area contributed by atoms with Gasteiger partial charge in [-0.2, -0.15) is 0 Å². The van der Waals surface area contributed by atoms with Gasteiger partial charge in [0.2, 0.25) is 0 Å². The first-order valence-corrected chi connectivity index (χ1v) is 5.47. The average molecular weight is 367 g/mol. The van der Waals surface area contributed by atoms with Crippen molar-refractivity contribution in [2.75, 3.05) is 7.05 Å². The lowest BCUT2D eigenvalue weighted by Crippen LogP contribution is -2.40. The van der Waals surface area contributed by atoms with Gasteiger partial charge in [-0.3, -0.25) is 4.99 Å². The first-order valence-electron chi connectivity index (χ1n) is 5.47. The third-order valence-electron chi connectivity index (χ3n) is 2.12. The van der Waals surface area contributed by atoms with Crippen LogP contribution in [0.2, 0.25) is 0 Å². The molecule has 3 N–H and O–H groups in total. The Morgan fingerprint density at radius 1 is 1.44 bits per heavy atom. The van der Waals surface area contributed by atoms with Crippen LogP contribution in [0.1, 0.15) is 19.4 Å². The van der Waals surface area contributed by atoms with E-state index in [1.54, 1.807) is 13.1 Å². The van der Waals surface area contributed by atoms with Crippen LogP contribution in [0.3, 0.4) is 0 Å². The van der Waals surface area contributed by atoms with Gasteiger partial charge in [0.15, 0.2) is 17.5 Å². The van der Waals surface area contributed by atoms with Crippen molar-refractivity contribution in [3.63, 3.8) is 0 Å². The van der Waals surface area contributed by atoms with E-state index in [9.17, 15) is 4.39 Å². The fourth-order valence-corrected chi connectivity index (χ4v) is 1.31. The maximum atomic E-state index is 13.1. The van der Waals surface area contributed by atoms with Crippen molar-refractivity contribution in [3.8, 4) is 5.75 Å². The number of phenolic OH excluding ortho intramolecular Hbond substituents is 1. The summed E-state index contributed by atoms with van der Waals surface area (Å²) in [4.78, 5) is 4.03. The number of hydrogen-bond donors (Lipinski definition) is 3. The summed E-state index contributed by atoms with van der Waals surface area (Å²) < 4.78 is 13.1. The highest BCUT2D eigenvalue weighted by atomic mass is 127. The van der Waals surface area contributed by atoms with E-state index in [1.165, 1.54) is 12.1 Å². The summed E-state index contributed by atoms with van der Waals surface area (Å²) in [5.74, 6) is -0.289. The molecule has 1 aromatic rings. The van der Waals surface area contributed by atoms with Crippen LogP contribution >= 0.6 is 24.0 Å². The smallest absolute Gasteiger partial charge is 0.191 e. The van der Waals surface area contributed by atoms with Crippen molar-refractivity contribution in [1.29, 1.82) is 0 Å². The second kappa shape index (κ2) is 8.12. The maximum Gasteiger partial charge on any atom is 0.191 e. The largest absolute Gasteiger partial charge is 0.505 e. The third kappa shape index (κ3) is 5.52. The van der Waals surface area contributed by atoms with E-state index in [0.29, 0.717) is 12.5 Å². The lowest BCUT2D eigenvalue weighted by atomic mass is 10.2. The molecule has 0 heterocycles. The molecule has 0 aliphatic carbocycles. The van der Waals surface area contributed by atoms with Gasteiger partial charge in [0.25, 0.3) is 0 Å². The zero-order valence-corrected chi connectivity index (χ0v) is 13.0. The highest BCUT2D eigenvalue weighted by molar-refractivity contribution is 14.0. The van der Waals surface area contributed by atoms with Crippen molar-refractivity contribution in [2.24, 2.45) is 4.99 Å². The van der Waals surface area contributed by atoms with Crippen LogP contribution in [0.25, 0.3) is 0 Å². The minimum Gasteiger partial charge on any atom is -0.505 e. The fraction of sp³-hybridized carbons (Fsp3) is 0.417. The van der Waals surface area contributed by atoms with Crippen LogP contribution in [0, 0.1) is 5.82 Å². The van der Waals surface area contributed by atoms with Crippen molar-refractivity contribution in [1.82, 2.24) is 10.6 Å². The highest BCUT2D eigenvalue weighted by Crippen LogP contribution is 2.15. The number of aliphatic imine (C=N–C) groups is 1. The molecule has 0 aliphatic heterocycles. The molecule has 0 fully saturated rings. The van der Waals surface area contributed by atoms with Crippen LogP contribution in [0.15, 0.2) is 23.2 Å². The molecule has 1 rings (SSSR count). The van der Waals surface area contributed by atoms with E-state index in [-0.39, 0.29) is 35.8 Å². The zero-order chi connectivity index (χ0) is 12.8. The SMILES string of the molecule is CN=C(NCc1ccc(O)c(F)c1)NC(C)C.I.